The van der Waals surface area contributed by atoms with E-state index in [4.69, 9.17) is 15.0 Å². The Morgan fingerprint density at radius 1 is 1.50 bits per heavy atom. The van der Waals surface area contributed by atoms with Gasteiger partial charge in [-0.15, -0.1) is 0 Å². The van der Waals surface area contributed by atoms with E-state index >= 15 is 0 Å². The van der Waals surface area contributed by atoms with Gasteiger partial charge < -0.3 is 11.6 Å². The first-order valence-electron chi connectivity index (χ1n) is 0.651. The van der Waals surface area contributed by atoms with Crippen molar-refractivity contribution in [3.05, 3.63) is 0 Å². The molecule has 0 saturated heterocycles. The van der Waals surface area contributed by atoms with Crippen molar-refractivity contribution in [3.63, 3.8) is 0 Å². The van der Waals surface area contributed by atoms with Gasteiger partial charge in [-0.1, -0.05) is 0 Å². The second-order valence-corrected chi connectivity index (χ2v) is 0.283. The van der Waals surface area contributed by atoms with Crippen molar-refractivity contribution in [2.45, 2.75) is 0 Å². The normalized spacial score (nSPS) is 4.00. The largest absolute Gasteiger partial charge is 1.00 e. The molecular weight excluding hydrogens is 93.9 g/mol. The fourth-order valence-electron chi connectivity index (χ4n) is 0. The summed E-state index contributed by atoms with van der Waals surface area (Å²) in [6, 6.07) is 0. The van der Waals surface area contributed by atoms with Gasteiger partial charge in [0.1, 0.15) is 0 Å². The van der Waals surface area contributed by atoms with Crippen molar-refractivity contribution in [3.8, 4) is 0 Å². The topological polar surface area (TPSA) is 57.5 Å². The number of rotatable bonds is 0. The van der Waals surface area contributed by atoms with E-state index in [0.29, 0.717) is 0 Å². The average Bonchev–Trinajstić information content (AvgIpc) is 0.811. The van der Waals surface area contributed by atoms with Gasteiger partial charge in [0.05, 0.1) is 0 Å². The van der Waals surface area contributed by atoms with Gasteiger partial charge in [-0.2, -0.15) is 0 Å². The quantitative estimate of drug-likeness (QED) is 0.306. The zero-order chi connectivity index (χ0) is 3.58. The van der Waals surface area contributed by atoms with E-state index < -0.39 is 6.16 Å². The fourth-order valence-corrected chi connectivity index (χ4v) is 0. The van der Waals surface area contributed by atoms with Crippen molar-refractivity contribution < 1.29 is 35.3 Å². The van der Waals surface area contributed by atoms with Gasteiger partial charge in [-0.05, 0) is 0 Å². The van der Waals surface area contributed by atoms with E-state index in [9.17, 15) is 0 Å². The van der Waals surface area contributed by atoms with Crippen LogP contribution in [0.25, 0.3) is 0 Å². The first-order chi connectivity index (χ1) is 1.73. The van der Waals surface area contributed by atoms with Gasteiger partial charge in [-0.25, -0.2) is 4.79 Å². The van der Waals surface area contributed by atoms with E-state index in [1.165, 1.54) is 0 Å². The second kappa shape index (κ2) is 9.04. The SMILES string of the molecule is O=C(O)O.[AlH3].[H-].[Li+]. The molecule has 5 heteroatoms. The molecule has 0 aromatic carbocycles. The number of carbonyl (C=O) groups is 1. The van der Waals surface area contributed by atoms with E-state index in [1.54, 1.807) is 0 Å². The van der Waals surface area contributed by atoms with E-state index in [0.717, 1.165) is 0 Å². The first-order valence-corrected chi connectivity index (χ1v) is 0.651. The van der Waals surface area contributed by atoms with Crippen molar-refractivity contribution >= 4 is 23.5 Å². The van der Waals surface area contributed by atoms with Crippen LogP contribution in [-0.2, 0) is 0 Å². The minimum Gasteiger partial charge on any atom is -1.00 e. The van der Waals surface area contributed by atoms with Gasteiger partial charge in [0.2, 0.25) is 0 Å². The average molecular weight is 100.0 g/mol. The molecule has 0 unspecified atom stereocenters. The molecule has 0 bridgehead atoms. The molecule has 0 rings (SSSR count). The Labute approximate surface area is 59.1 Å². The van der Waals surface area contributed by atoms with E-state index in [2.05, 4.69) is 0 Å². The van der Waals surface area contributed by atoms with Crippen molar-refractivity contribution in [2.75, 3.05) is 0 Å². The molecule has 2 N–H and O–H groups in total. The molecule has 0 aliphatic rings. The van der Waals surface area contributed by atoms with Crippen LogP contribution in [0.4, 0.5) is 4.79 Å². The van der Waals surface area contributed by atoms with Crippen LogP contribution in [0.5, 0.6) is 0 Å². The maximum atomic E-state index is 8.56. The Bertz CT molecular complexity index is 37.9. The molecule has 0 saturated carbocycles. The zero-order valence-corrected chi connectivity index (χ0v) is 2.80. The van der Waals surface area contributed by atoms with Crippen LogP contribution in [0, 0.1) is 0 Å². The second-order valence-electron chi connectivity index (χ2n) is 0.283. The molecule has 0 aromatic rings. The van der Waals surface area contributed by atoms with Gasteiger partial charge in [0, 0.05) is 0 Å². The van der Waals surface area contributed by atoms with Crippen LogP contribution in [0.1, 0.15) is 1.43 Å². The molecule has 0 fully saturated rings. The third-order valence-corrected chi connectivity index (χ3v) is 0. The van der Waals surface area contributed by atoms with Crippen LogP contribution >= 0.6 is 0 Å². The van der Waals surface area contributed by atoms with Crippen molar-refractivity contribution in [1.82, 2.24) is 0 Å². The number of hydrogen-bond acceptors (Lipinski definition) is 1. The predicted molar refractivity (Wildman–Crippen MR) is 21.7 cm³/mol. The molecule has 32 valence electrons. The summed E-state index contributed by atoms with van der Waals surface area (Å²) >= 11 is 0. The number of carboxylic acid groups (broad SMARTS) is 2. The molecule has 3 nitrogen and oxygen atoms in total. The minimum absolute atomic E-state index is 0. The van der Waals surface area contributed by atoms with E-state index in [1.807, 2.05) is 0 Å². The molecule has 0 aromatic heterocycles. The minimum atomic E-state index is -1.83. The van der Waals surface area contributed by atoms with Crippen LogP contribution in [-0.4, -0.2) is 33.7 Å². The third-order valence-electron chi connectivity index (χ3n) is 0. The predicted octanol–water partition coefficient (Wildman–Crippen LogP) is -3.85. The fraction of sp³-hybridized carbons (Fsp3) is 0. The standard InChI is InChI=1S/CH2O3.Al.Li.4H/c2-1(3)4;;;;;;/h(H2,2,3,4);;;;;;/q;;+1;;;;-1. The Morgan fingerprint density at radius 2 is 1.50 bits per heavy atom. The molecule has 6 heavy (non-hydrogen) atoms. The molecule has 0 aliphatic carbocycles. The van der Waals surface area contributed by atoms with Crippen LogP contribution in [0.2, 0.25) is 0 Å². The molecule has 0 heterocycles. The maximum Gasteiger partial charge on any atom is 1.00 e. The monoisotopic (exact) mass is 100 g/mol. The Hall–Kier alpha value is 0.400. The van der Waals surface area contributed by atoms with Crippen LogP contribution < -0.4 is 18.9 Å². The van der Waals surface area contributed by atoms with Gasteiger partial charge >= 0.3 is 25.0 Å². The molecule has 0 amide bonds. The summed E-state index contributed by atoms with van der Waals surface area (Å²) in [6.07, 6.45) is -1.83. The maximum absolute atomic E-state index is 8.56. The summed E-state index contributed by atoms with van der Waals surface area (Å²) in [5.41, 5.74) is 0. The van der Waals surface area contributed by atoms with Crippen LogP contribution in [0.3, 0.4) is 0 Å². The Balaban J connectivity index is -0.0000000150. The van der Waals surface area contributed by atoms with Crippen molar-refractivity contribution in [1.29, 1.82) is 0 Å². The smallest absolute Gasteiger partial charge is 1.00 e. The first kappa shape index (κ1) is 16.1. The number of hydrogen-bond donors (Lipinski definition) is 2. The summed E-state index contributed by atoms with van der Waals surface area (Å²) in [4.78, 5) is 8.56. The van der Waals surface area contributed by atoms with Crippen molar-refractivity contribution in [2.24, 2.45) is 0 Å². The summed E-state index contributed by atoms with van der Waals surface area (Å²) in [7, 11) is 0. The third kappa shape index (κ3) is 318. The Morgan fingerprint density at radius 3 is 1.50 bits per heavy atom. The molecule has 0 spiro atoms. The Kier molecular flexibility index (Phi) is 24.3. The van der Waals surface area contributed by atoms with Gasteiger partial charge in [0.25, 0.3) is 0 Å². The van der Waals surface area contributed by atoms with Crippen LogP contribution in [0.15, 0.2) is 0 Å². The van der Waals surface area contributed by atoms with Gasteiger partial charge in [-0.3, -0.25) is 0 Å². The van der Waals surface area contributed by atoms with Gasteiger partial charge in [0.15, 0.2) is 17.4 Å². The summed E-state index contributed by atoms with van der Waals surface area (Å²) in [6.45, 7) is 0. The molecule has 0 atom stereocenters. The summed E-state index contributed by atoms with van der Waals surface area (Å²) in [5, 5.41) is 13.9. The zero-order valence-electron chi connectivity index (χ0n) is 3.80. The molecule has 0 aliphatic heterocycles. The molecule has 0 radical (unpaired) electrons. The summed E-state index contributed by atoms with van der Waals surface area (Å²) < 4.78 is 0. The molecular formula is CH6AlLiO3. The van der Waals surface area contributed by atoms with E-state index in [-0.39, 0.29) is 37.6 Å². The summed E-state index contributed by atoms with van der Waals surface area (Å²) in [5.74, 6) is 0.